The molecule has 0 fully saturated rings. The van der Waals surface area contributed by atoms with Gasteiger partial charge >= 0.3 is 6.18 Å². The van der Waals surface area contributed by atoms with Crippen molar-refractivity contribution < 1.29 is 27.2 Å². The zero-order valence-corrected chi connectivity index (χ0v) is 19.5. The van der Waals surface area contributed by atoms with E-state index in [4.69, 9.17) is 9.47 Å². The highest BCUT2D eigenvalue weighted by Crippen LogP contribution is 2.34. The van der Waals surface area contributed by atoms with Gasteiger partial charge in [0.25, 0.3) is 0 Å². The van der Waals surface area contributed by atoms with E-state index in [1.807, 2.05) is 45.0 Å². The summed E-state index contributed by atoms with van der Waals surface area (Å²) in [5, 5.41) is 0. The Morgan fingerprint density at radius 1 is 0.935 bits per heavy atom. The maximum Gasteiger partial charge on any atom is 0.416 e. The van der Waals surface area contributed by atoms with Gasteiger partial charge in [-0.3, -0.25) is 0 Å². The molecule has 0 saturated heterocycles. The van der Waals surface area contributed by atoms with Gasteiger partial charge in [0, 0.05) is 32.0 Å². The van der Waals surface area contributed by atoms with Crippen LogP contribution in [0.25, 0.3) is 0 Å². The molecule has 0 saturated carbocycles. The molecule has 2 unspecified atom stereocenters. The van der Waals surface area contributed by atoms with Crippen molar-refractivity contribution in [1.29, 1.82) is 0 Å². The Labute approximate surface area is 185 Å². The number of hydrogen-bond acceptors (Lipinski definition) is 4. The van der Waals surface area contributed by atoms with Gasteiger partial charge in [0.2, 0.25) is 0 Å². The third-order valence-electron chi connectivity index (χ3n) is 5.09. The predicted molar refractivity (Wildman–Crippen MR) is 117 cm³/mol. The summed E-state index contributed by atoms with van der Waals surface area (Å²) in [5.41, 5.74) is 1.51. The molecule has 2 aromatic carbocycles. The number of hydrogen-bond donors (Lipinski definition) is 1. The smallest absolute Gasteiger partial charge is 0.416 e. The highest BCUT2D eigenvalue weighted by Gasteiger charge is 2.34. The number of nitrogens with one attached hydrogen (secondary N) is 1. The molecule has 2 atom stereocenters. The number of ether oxygens (including phenoxy) is 2. The van der Waals surface area contributed by atoms with Gasteiger partial charge in [0.15, 0.2) is 5.79 Å². The van der Waals surface area contributed by atoms with Crippen molar-refractivity contribution in [3.05, 3.63) is 70.8 Å². The van der Waals surface area contributed by atoms with Crippen LogP contribution in [0.3, 0.4) is 0 Å². The highest BCUT2D eigenvalue weighted by atomic mass is 32.2. The molecule has 0 amide bonds. The van der Waals surface area contributed by atoms with Crippen molar-refractivity contribution in [2.24, 2.45) is 0 Å². The monoisotopic (exact) mass is 457 g/mol. The highest BCUT2D eigenvalue weighted by molar-refractivity contribution is 7.90. The Hall–Kier alpha value is -1.58. The molecule has 0 spiro atoms. The molecule has 1 N–H and O–H groups in total. The summed E-state index contributed by atoms with van der Waals surface area (Å²) in [5.74, 6) is -0.885. The van der Waals surface area contributed by atoms with Crippen LogP contribution in [-0.4, -0.2) is 29.3 Å². The van der Waals surface area contributed by atoms with Crippen LogP contribution in [0.5, 0.6) is 0 Å². The zero-order chi connectivity index (χ0) is 23.4. The van der Waals surface area contributed by atoms with Crippen molar-refractivity contribution in [2.75, 3.05) is 14.2 Å². The topological polar surface area (TPSA) is 53.5 Å². The van der Waals surface area contributed by atoms with E-state index in [1.165, 1.54) is 12.1 Å². The summed E-state index contributed by atoms with van der Waals surface area (Å²) in [6.45, 7) is 7.30. The molecule has 0 radical (unpaired) electrons. The minimum Gasteiger partial charge on any atom is -0.598 e. The fourth-order valence-corrected chi connectivity index (χ4v) is 3.84. The van der Waals surface area contributed by atoms with Crippen LogP contribution < -0.4 is 4.72 Å². The van der Waals surface area contributed by atoms with Crippen molar-refractivity contribution in [3.63, 3.8) is 0 Å². The van der Waals surface area contributed by atoms with Gasteiger partial charge in [-0.2, -0.15) is 13.2 Å². The summed E-state index contributed by atoms with van der Waals surface area (Å²) in [4.78, 5) is 0. The van der Waals surface area contributed by atoms with Crippen LogP contribution in [0.2, 0.25) is 0 Å². The average Bonchev–Trinajstić information content (AvgIpc) is 2.71. The van der Waals surface area contributed by atoms with Crippen LogP contribution >= 0.6 is 0 Å². The number of rotatable bonds is 8. The minimum absolute atomic E-state index is 0.400. The van der Waals surface area contributed by atoms with E-state index in [0.29, 0.717) is 12.0 Å². The van der Waals surface area contributed by atoms with Crippen molar-refractivity contribution in [1.82, 2.24) is 4.72 Å². The van der Waals surface area contributed by atoms with Crippen LogP contribution in [0, 0.1) is 0 Å². The van der Waals surface area contributed by atoms with Crippen LogP contribution in [0.15, 0.2) is 48.5 Å². The largest absolute Gasteiger partial charge is 0.598 e. The van der Waals surface area contributed by atoms with Crippen LogP contribution in [0.4, 0.5) is 13.2 Å². The number of halogens is 3. The number of methoxy groups -OCH3 is 2. The second kappa shape index (κ2) is 9.92. The second-order valence-corrected chi connectivity index (χ2v) is 10.5. The minimum atomic E-state index is -4.42. The van der Waals surface area contributed by atoms with E-state index in [-0.39, 0.29) is 0 Å². The summed E-state index contributed by atoms with van der Waals surface area (Å²) >= 11 is -1.46. The molecule has 0 bridgehead atoms. The Balaban J connectivity index is 2.54. The molecule has 0 aliphatic rings. The molecule has 172 valence electrons. The average molecular weight is 458 g/mol. The van der Waals surface area contributed by atoms with Gasteiger partial charge in [0.05, 0.1) is 5.56 Å². The lowest BCUT2D eigenvalue weighted by atomic mass is 9.91. The molecule has 2 rings (SSSR count). The van der Waals surface area contributed by atoms with Crippen molar-refractivity contribution in [2.45, 2.75) is 56.9 Å². The van der Waals surface area contributed by atoms with E-state index in [1.54, 1.807) is 21.1 Å². The summed E-state index contributed by atoms with van der Waals surface area (Å²) in [6, 6.07) is 11.8. The summed E-state index contributed by atoms with van der Waals surface area (Å²) < 4.78 is 65.6. The first-order valence-electron chi connectivity index (χ1n) is 9.84. The molecular weight excluding hydrogens is 427 g/mol. The lowest BCUT2D eigenvalue weighted by molar-refractivity contribution is -0.191. The van der Waals surface area contributed by atoms with E-state index in [0.717, 1.165) is 23.3 Å². The maximum atomic E-state index is 13.0. The second-order valence-electron chi connectivity index (χ2n) is 8.47. The Morgan fingerprint density at radius 3 is 1.97 bits per heavy atom. The number of alkyl halides is 3. The SMILES string of the molecule is COC(C)(Cc1ccccc1C(N[S+]([O-])C(C)(C)C)c1ccc(C(F)(F)F)cc1)OC. The maximum absolute atomic E-state index is 13.0. The third kappa shape index (κ3) is 6.70. The van der Waals surface area contributed by atoms with Gasteiger partial charge < -0.3 is 14.0 Å². The quantitative estimate of drug-likeness (QED) is 0.426. The first-order valence-corrected chi connectivity index (χ1v) is 11.0. The Bertz CT molecular complexity index is 846. The van der Waals surface area contributed by atoms with Gasteiger partial charge in [-0.25, -0.2) is 0 Å². The standard InChI is InChI=1S/C23H30F3NO3S/c1-21(2,3)31(28)27-20(16-11-13-18(14-12-16)23(24,25)26)19-10-8-7-9-17(19)15-22(4,29-5)30-6/h7-14,20,27H,15H2,1-6H3. The fraction of sp³-hybridized carbons (Fsp3) is 0.478. The molecule has 4 nitrogen and oxygen atoms in total. The molecule has 31 heavy (non-hydrogen) atoms. The van der Waals surface area contributed by atoms with Crippen molar-refractivity contribution >= 4 is 11.4 Å². The third-order valence-corrected chi connectivity index (χ3v) is 6.66. The molecule has 0 heterocycles. The van der Waals surface area contributed by atoms with Crippen LogP contribution in [0.1, 0.15) is 56.0 Å². The van der Waals surface area contributed by atoms with Crippen LogP contribution in [-0.2, 0) is 33.4 Å². The zero-order valence-electron chi connectivity index (χ0n) is 18.7. The molecular formula is C23H30F3NO3S. The van der Waals surface area contributed by atoms with Gasteiger partial charge in [-0.1, -0.05) is 36.4 Å². The molecule has 0 aromatic heterocycles. The predicted octanol–water partition coefficient (Wildman–Crippen LogP) is 5.40. The lowest BCUT2D eigenvalue weighted by Crippen LogP contribution is -2.42. The van der Waals surface area contributed by atoms with E-state index >= 15 is 0 Å². The Kier molecular flexibility index (Phi) is 8.21. The van der Waals surface area contributed by atoms with Crippen molar-refractivity contribution in [3.8, 4) is 0 Å². The van der Waals surface area contributed by atoms with E-state index in [2.05, 4.69) is 4.72 Å². The Morgan fingerprint density at radius 2 is 1.48 bits per heavy atom. The first kappa shape index (κ1) is 25.7. The van der Waals surface area contributed by atoms with Gasteiger partial charge in [0.1, 0.15) is 10.8 Å². The summed E-state index contributed by atoms with van der Waals surface area (Å²) in [6.07, 6.45) is -4.02. The molecule has 8 heteroatoms. The first-order chi connectivity index (χ1) is 14.3. The molecule has 0 aliphatic carbocycles. The molecule has 0 aliphatic heterocycles. The van der Waals surface area contributed by atoms with Gasteiger partial charge in [-0.05, 0) is 56.5 Å². The van der Waals surface area contributed by atoms with E-state index < -0.39 is 39.7 Å². The molecule has 2 aromatic rings. The normalized spacial score (nSPS) is 15.0. The van der Waals surface area contributed by atoms with Gasteiger partial charge in [-0.15, -0.1) is 4.72 Å². The van der Waals surface area contributed by atoms with E-state index in [9.17, 15) is 17.7 Å². The summed E-state index contributed by atoms with van der Waals surface area (Å²) in [7, 11) is 3.10. The number of benzene rings is 2. The lowest BCUT2D eigenvalue weighted by Gasteiger charge is -2.31. The fourth-order valence-electron chi connectivity index (χ4n) is 3.01.